The van der Waals surface area contributed by atoms with Gasteiger partial charge in [-0.15, -0.1) is 0 Å². The molecule has 0 aliphatic heterocycles. The zero-order valence-electron chi connectivity index (χ0n) is 8.97. The van der Waals surface area contributed by atoms with E-state index in [-0.39, 0.29) is 0 Å². The predicted octanol–water partition coefficient (Wildman–Crippen LogP) is 2.45. The summed E-state index contributed by atoms with van der Waals surface area (Å²) < 4.78 is 0. The van der Waals surface area contributed by atoms with Crippen LogP contribution in [-0.4, -0.2) is 11.3 Å². The molecule has 0 fully saturated rings. The first-order chi connectivity index (χ1) is 7.70. The smallest absolute Gasteiger partial charge is 0.150 e. The second-order valence-corrected chi connectivity index (χ2v) is 3.61. The lowest BCUT2D eigenvalue weighted by Gasteiger charge is -2.06. The van der Waals surface area contributed by atoms with Crippen LogP contribution in [0, 0.1) is 6.92 Å². The highest BCUT2D eigenvalue weighted by Gasteiger charge is 2.03. The van der Waals surface area contributed by atoms with Crippen LogP contribution in [0.2, 0.25) is 0 Å². The van der Waals surface area contributed by atoms with Crippen LogP contribution in [-0.2, 0) is 0 Å². The van der Waals surface area contributed by atoms with Crippen molar-refractivity contribution in [2.24, 2.45) is 0 Å². The average molecular weight is 212 g/mol. The van der Waals surface area contributed by atoms with Gasteiger partial charge < -0.3 is 5.73 Å². The molecule has 1 aromatic carbocycles. The average Bonchev–Trinajstić information content (AvgIpc) is 2.29. The molecule has 1 heterocycles. The standard InChI is InChI=1S/C13H12N2O/c1-9-12(5-6-13(14)15-9)11-4-2-3-10(7-11)8-16/h2-8H,1H3,(H2,14,15). The molecule has 3 nitrogen and oxygen atoms in total. The number of benzene rings is 1. The summed E-state index contributed by atoms with van der Waals surface area (Å²) in [7, 11) is 0. The number of rotatable bonds is 2. The van der Waals surface area contributed by atoms with Gasteiger partial charge in [0.15, 0.2) is 0 Å². The van der Waals surface area contributed by atoms with Crippen molar-refractivity contribution < 1.29 is 4.79 Å². The number of anilines is 1. The van der Waals surface area contributed by atoms with Crippen molar-refractivity contribution in [1.29, 1.82) is 0 Å². The first-order valence-electron chi connectivity index (χ1n) is 4.99. The largest absolute Gasteiger partial charge is 0.384 e. The third-order valence-corrected chi connectivity index (χ3v) is 2.44. The number of aldehydes is 1. The minimum absolute atomic E-state index is 0.507. The number of nitrogen functional groups attached to an aromatic ring is 1. The Morgan fingerprint density at radius 1 is 1.25 bits per heavy atom. The predicted molar refractivity (Wildman–Crippen MR) is 64.2 cm³/mol. The Morgan fingerprint density at radius 3 is 2.75 bits per heavy atom. The molecule has 2 rings (SSSR count). The molecule has 0 aliphatic carbocycles. The molecule has 0 unspecified atom stereocenters. The maximum Gasteiger partial charge on any atom is 0.150 e. The highest BCUT2D eigenvalue weighted by atomic mass is 16.1. The van der Waals surface area contributed by atoms with Crippen LogP contribution >= 0.6 is 0 Å². The molecule has 3 heteroatoms. The quantitative estimate of drug-likeness (QED) is 0.778. The SMILES string of the molecule is Cc1nc(N)ccc1-c1cccc(C=O)c1. The maximum absolute atomic E-state index is 10.7. The fraction of sp³-hybridized carbons (Fsp3) is 0.0769. The summed E-state index contributed by atoms with van der Waals surface area (Å²) in [5.41, 5.74) is 9.10. The lowest BCUT2D eigenvalue weighted by atomic mass is 10.0. The molecule has 0 spiro atoms. The summed E-state index contributed by atoms with van der Waals surface area (Å²) >= 11 is 0. The summed E-state index contributed by atoms with van der Waals surface area (Å²) in [5.74, 6) is 0.507. The van der Waals surface area contributed by atoms with Gasteiger partial charge in [0.1, 0.15) is 12.1 Å². The minimum atomic E-state index is 0.507. The van der Waals surface area contributed by atoms with Gasteiger partial charge in [-0.1, -0.05) is 18.2 Å². The molecule has 16 heavy (non-hydrogen) atoms. The van der Waals surface area contributed by atoms with Crippen molar-refractivity contribution in [2.45, 2.75) is 6.92 Å². The van der Waals surface area contributed by atoms with E-state index in [4.69, 9.17) is 5.73 Å². The van der Waals surface area contributed by atoms with Gasteiger partial charge >= 0.3 is 0 Å². The summed E-state index contributed by atoms with van der Waals surface area (Å²) in [6.07, 6.45) is 0.837. The molecule has 0 saturated carbocycles. The fourth-order valence-electron chi connectivity index (χ4n) is 1.67. The topological polar surface area (TPSA) is 56.0 Å². The van der Waals surface area contributed by atoms with Crippen molar-refractivity contribution in [1.82, 2.24) is 4.98 Å². The number of carbonyl (C=O) groups is 1. The number of hydrogen-bond donors (Lipinski definition) is 1. The van der Waals surface area contributed by atoms with Gasteiger partial charge in [-0.2, -0.15) is 0 Å². The highest BCUT2D eigenvalue weighted by molar-refractivity contribution is 5.79. The van der Waals surface area contributed by atoms with E-state index in [1.165, 1.54) is 0 Å². The van der Waals surface area contributed by atoms with Gasteiger partial charge in [0.05, 0.1) is 0 Å². The zero-order valence-corrected chi connectivity index (χ0v) is 8.97. The third kappa shape index (κ3) is 1.93. The molecule has 0 bridgehead atoms. The molecule has 80 valence electrons. The second kappa shape index (κ2) is 4.14. The Labute approximate surface area is 93.9 Å². The van der Waals surface area contributed by atoms with E-state index in [2.05, 4.69) is 4.98 Å². The first-order valence-corrected chi connectivity index (χ1v) is 4.99. The van der Waals surface area contributed by atoms with Gasteiger partial charge in [-0.25, -0.2) is 4.98 Å². The molecular formula is C13H12N2O. The van der Waals surface area contributed by atoms with E-state index >= 15 is 0 Å². The Morgan fingerprint density at radius 2 is 2.06 bits per heavy atom. The Hall–Kier alpha value is -2.16. The van der Waals surface area contributed by atoms with Crippen LogP contribution in [0.15, 0.2) is 36.4 Å². The normalized spacial score (nSPS) is 10.1. The van der Waals surface area contributed by atoms with Gasteiger partial charge in [-0.3, -0.25) is 4.79 Å². The van der Waals surface area contributed by atoms with Crippen LogP contribution in [0.25, 0.3) is 11.1 Å². The van der Waals surface area contributed by atoms with Crippen LogP contribution in [0.1, 0.15) is 16.1 Å². The van der Waals surface area contributed by atoms with E-state index in [0.717, 1.165) is 23.1 Å². The number of aromatic nitrogens is 1. The van der Waals surface area contributed by atoms with Crippen molar-refractivity contribution >= 4 is 12.1 Å². The molecule has 0 aliphatic rings. The molecular weight excluding hydrogens is 200 g/mol. The molecule has 0 radical (unpaired) electrons. The lowest BCUT2D eigenvalue weighted by Crippen LogP contribution is -1.94. The maximum atomic E-state index is 10.7. The molecule has 0 saturated heterocycles. The third-order valence-electron chi connectivity index (χ3n) is 2.44. The van der Waals surface area contributed by atoms with E-state index in [1.807, 2.05) is 31.2 Å². The Bertz CT molecular complexity index is 535. The van der Waals surface area contributed by atoms with E-state index in [1.54, 1.807) is 12.1 Å². The molecule has 0 amide bonds. The van der Waals surface area contributed by atoms with E-state index in [0.29, 0.717) is 11.4 Å². The first kappa shape index (κ1) is 10.4. The minimum Gasteiger partial charge on any atom is -0.384 e. The van der Waals surface area contributed by atoms with Crippen LogP contribution in [0.5, 0.6) is 0 Å². The Kier molecular flexibility index (Phi) is 2.68. The number of nitrogens with two attached hydrogens (primary N) is 1. The van der Waals surface area contributed by atoms with Crippen molar-refractivity contribution in [3.63, 3.8) is 0 Å². The lowest BCUT2D eigenvalue weighted by molar-refractivity contribution is 0.112. The van der Waals surface area contributed by atoms with Crippen LogP contribution in [0.3, 0.4) is 0 Å². The van der Waals surface area contributed by atoms with Gasteiger partial charge in [-0.05, 0) is 30.7 Å². The highest BCUT2D eigenvalue weighted by Crippen LogP contribution is 2.23. The number of carbonyl (C=O) groups excluding carboxylic acids is 1. The van der Waals surface area contributed by atoms with E-state index in [9.17, 15) is 4.79 Å². The number of nitrogens with zero attached hydrogens (tertiary/aromatic N) is 1. The monoisotopic (exact) mass is 212 g/mol. The van der Waals surface area contributed by atoms with E-state index < -0.39 is 0 Å². The summed E-state index contributed by atoms with van der Waals surface area (Å²) in [6, 6.07) is 11.1. The zero-order chi connectivity index (χ0) is 11.5. The molecule has 2 N–H and O–H groups in total. The van der Waals surface area contributed by atoms with Crippen molar-refractivity contribution in [2.75, 3.05) is 5.73 Å². The van der Waals surface area contributed by atoms with Crippen LogP contribution in [0.4, 0.5) is 5.82 Å². The molecule has 0 atom stereocenters. The Balaban J connectivity index is 2.53. The van der Waals surface area contributed by atoms with Crippen molar-refractivity contribution in [3.8, 4) is 11.1 Å². The fourth-order valence-corrected chi connectivity index (χ4v) is 1.67. The van der Waals surface area contributed by atoms with Gasteiger partial charge in [0.2, 0.25) is 0 Å². The summed E-state index contributed by atoms with van der Waals surface area (Å²) in [4.78, 5) is 14.9. The van der Waals surface area contributed by atoms with Gasteiger partial charge in [0, 0.05) is 16.8 Å². The van der Waals surface area contributed by atoms with Crippen LogP contribution < -0.4 is 5.73 Å². The summed E-state index contributed by atoms with van der Waals surface area (Å²) in [6.45, 7) is 1.90. The number of hydrogen-bond acceptors (Lipinski definition) is 3. The van der Waals surface area contributed by atoms with Crippen molar-refractivity contribution in [3.05, 3.63) is 47.7 Å². The molecule has 2 aromatic rings. The number of aryl methyl sites for hydroxylation is 1. The second-order valence-electron chi connectivity index (χ2n) is 3.61. The number of pyridine rings is 1. The summed E-state index contributed by atoms with van der Waals surface area (Å²) in [5, 5.41) is 0. The van der Waals surface area contributed by atoms with Gasteiger partial charge in [0.25, 0.3) is 0 Å². The molecule has 1 aromatic heterocycles.